The predicted octanol–water partition coefficient (Wildman–Crippen LogP) is 4.29. The molecule has 0 heterocycles. The maximum absolute atomic E-state index is 12.5. The van der Waals surface area contributed by atoms with Crippen LogP contribution in [0.25, 0.3) is 6.08 Å². The molecule has 5 nitrogen and oxygen atoms in total. The van der Waals surface area contributed by atoms with Gasteiger partial charge in [0.1, 0.15) is 18.2 Å². The summed E-state index contributed by atoms with van der Waals surface area (Å²) in [5.41, 5.74) is 3.08. The van der Waals surface area contributed by atoms with Crippen molar-refractivity contribution in [2.45, 2.75) is 13.3 Å². The summed E-state index contributed by atoms with van der Waals surface area (Å²) >= 11 is 0. The van der Waals surface area contributed by atoms with E-state index in [0.717, 1.165) is 11.1 Å². The number of anilines is 1. The van der Waals surface area contributed by atoms with Gasteiger partial charge in [-0.3, -0.25) is 4.79 Å². The molecule has 0 aromatic heterocycles. The van der Waals surface area contributed by atoms with Crippen molar-refractivity contribution < 1.29 is 14.3 Å². The second kappa shape index (κ2) is 10.4. The Labute approximate surface area is 171 Å². The largest absolute Gasteiger partial charge is 0.493 e. The van der Waals surface area contributed by atoms with Crippen molar-refractivity contribution in [2.75, 3.05) is 19.0 Å². The molecule has 0 aliphatic rings. The number of ether oxygens (including phenoxy) is 2. The van der Waals surface area contributed by atoms with Crippen molar-refractivity contribution in [1.82, 2.24) is 0 Å². The van der Waals surface area contributed by atoms with Crippen LogP contribution >= 0.6 is 0 Å². The summed E-state index contributed by atoms with van der Waals surface area (Å²) in [5, 5.41) is 12.2. The van der Waals surface area contributed by atoms with E-state index in [2.05, 4.69) is 17.8 Å². The highest BCUT2D eigenvalue weighted by atomic mass is 16.5. The standard InChI is InChI=1S/C24H22N2O3/c1-5-7-19-13-18(15-22(28-4)23(19)29-12-6-2)14-20(16-25)24(27)26-21-10-8-17(3)9-11-21/h2,5,8-11,13-15H,1,7,12H2,3-4H3,(H,26,27)/b20-14-. The highest BCUT2D eigenvalue weighted by molar-refractivity contribution is 6.09. The van der Waals surface area contributed by atoms with Gasteiger partial charge in [0.15, 0.2) is 11.5 Å². The van der Waals surface area contributed by atoms with E-state index in [9.17, 15) is 10.1 Å². The highest BCUT2D eigenvalue weighted by Gasteiger charge is 2.14. The Kier molecular flexibility index (Phi) is 7.65. The highest BCUT2D eigenvalue weighted by Crippen LogP contribution is 2.34. The molecule has 0 fully saturated rings. The summed E-state index contributed by atoms with van der Waals surface area (Å²) in [7, 11) is 1.51. The Morgan fingerprint density at radius 3 is 2.62 bits per heavy atom. The van der Waals surface area contributed by atoms with Crippen LogP contribution in [0.15, 0.2) is 54.6 Å². The summed E-state index contributed by atoms with van der Waals surface area (Å²) in [6.45, 7) is 5.80. The third-order valence-corrected chi connectivity index (χ3v) is 4.02. The molecule has 0 saturated heterocycles. The molecule has 29 heavy (non-hydrogen) atoms. The van der Waals surface area contributed by atoms with Gasteiger partial charge in [0.2, 0.25) is 0 Å². The van der Waals surface area contributed by atoms with Crippen LogP contribution in [0.5, 0.6) is 11.5 Å². The van der Waals surface area contributed by atoms with Gasteiger partial charge >= 0.3 is 0 Å². The lowest BCUT2D eigenvalue weighted by Gasteiger charge is -2.14. The van der Waals surface area contributed by atoms with Gasteiger partial charge in [-0.2, -0.15) is 5.26 Å². The topological polar surface area (TPSA) is 71.3 Å². The molecular formula is C24H22N2O3. The van der Waals surface area contributed by atoms with Gasteiger partial charge in [0.05, 0.1) is 7.11 Å². The van der Waals surface area contributed by atoms with Crippen LogP contribution in [0.2, 0.25) is 0 Å². The molecule has 2 rings (SSSR count). The van der Waals surface area contributed by atoms with E-state index >= 15 is 0 Å². The quantitative estimate of drug-likeness (QED) is 0.318. The number of allylic oxidation sites excluding steroid dienone is 1. The third-order valence-electron chi connectivity index (χ3n) is 4.02. The maximum atomic E-state index is 12.5. The number of aryl methyl sites for hydroxylation is 1. The number of benzene rings is 2. The van der Waals surface area contributed by atoms with E-state index in [1.165, 1.54) is 13.2 Å². The lowest BCUT2D eigenvalue weighted by molar-refractivity contribution is -0.112. The normalized spacial score (nSPS) is 10.4. The zero-order valence-corrected chi connectivity index (χ0v) is 16.5. The maximum Gasteiger partial charge on any atom is 0.266 e. The molecular weight excluding hydrogens is 364 g/mol. The summed E-state index contributed by atoms with van der Waals surface area (Å²) in [4.78, 5) is 12.5. The third kappa shape index (κ3) is 5.76. The van der Waals surface area contributed by atoms with Gasteiger partial charge in [-0.1, -0.05) is 29.7 Å². The SMILES string of the molecule is C#CCOc1c(CC=C)cc(/C=C(/C#N)C(=O)Nc2ccc(C)cc2)cc1OC. The van der Waals surface area contributed by atoms with Crippen LogP contribution in [-0.4, -0.2) is 19.6 Å². The smallest absolute Gasteiger partial charge is 0.266 e. The van der Waals surface area contributed by atoms with Crippen LogP contribution in [0.3, 0.4) is 0 Å². The van der Waals surface area contributed by atoms with Crippen LogP contribution in [-0.2, 0) is 11.2 Å². The lowest BCUT2D eigenvalue weighted by Crippen LogP contribution is -2.13. The molecule has 0 bridgehead atoms. The number of carbonyl (C=O) groups is 1. The number of amides is 1. The number of nitriles is 1. The monoisotopic (exact) mass is 386 g/mol. The molecule has 1 N–H and O–H groups in total. The molecule has 0 atom stereocenters. The molecule has 0 unspecified atom stereocenters. The number of terminal acetylenes is 1. The fourth-order valence-electron chi connectivity index (χ4n) is 2.65. The van der Waals surface area contributed by atoms with E-state index < -0.39 is 5.91 Å². The number of nitrogens with one attached hydrogen (secondary N) is 1. The Morgan fingerprint density at radius 2 is 2.03 bits per heavy atom. The number of hydrogen-bond donors (Lipinski definition) is 1. The molecule has 2 aromatic carbocycles. The number of methoxy groups -OCH3 is 1. The fourth-order valence-corrected chi connectivity index (χ4v) is 2.65. The van der Waals surface area contributed by atoms with Crippen molar-refractivity contribution in [2.24, 2.45) is 0 Å². The van der Waals surface area contributed by atoms with Gasteiger partial charge in [-0.05, 0) is 49.2 Å². The molecule has 0 aliphatic carbocycles. The van der Waals surface area contributed by atoms with E-state index in [4.69, 9.17) is 15.9 Å². The zero-order chi connectivity index (χ0) is 21.2. The van der Waals surface area contributed by atoms with E-state index in [-0.39, 0.29) is 12.2 Å². The first-order chi connectivity index (χ1) is 14.0. The average molecular weight is 386 g/mol. The second-order valence-electron chi connectivity index (χ2n) is 6.19. The first-order valence-electron chi connectivity index (χ1n) is 8.90. The van der Waals surface area contributed by atoms with Crippen LogP contribution < -0.4 is 14.8 Å². The number of nitrogens with zero attached hydrogens (tertiary/aromatic N) is 1. The minimum Gasteiger partial charge on any atom is -0.493 e. The first-order valence-corrected chi connectivity index (χ1v) is 8.90. The first kappa shape index (κ1) is 21.3. The lowest BCUT2D eigenvalue weighted by atomic mass is 10.0. The molecule has 5 heteroatoms. The van der Waals surface area contributed by atoms with Crippen molar-refractivity contribution >= 4 is 17.7 Å². The van der Waals surface area contributed by atoms with Gasteiger partial charge in [0.25, 0.3) is 5.91 Å². The van der Waals surface area contributed by atoms with Crippen LogP contribution in [0.1, 0.15) is 16.7 Å². The molecule has 0 aliphatic heterocycles. The average Bonchev–Trinajstić information content (AvgIpc) is 2.72. The molecule has 0 spiro atoms. The Balaban J connectivity index is 2.38. The molecule has 1 amide bonds. The zero-order valence-electron chi connectivity index (χ0n) is 16.5. The van der Waals surface area contributed by atoms with Crippen LogP contribution in [0, 0.1) is 30.6 Å². The number of carbonyl (C=O) groups excluding carboxylic acids is 1. The number of rotatable bonds is 8. The Hall–Kier alpha value is -3.96. The van der Waals surface area contributed by atoms with Crippen LogP contribution in [0.4, 0.5) is 5.69 Å². The van der Waals surface area contributed by atoms with Crippen molar-refractivity contribution in [3.05, 3.63) is 71.3 Å². The molecule has 0 radical (unpaired) electrons. The molecule has 2 aromatic rings. The summed E-state index contributed by atoms with van der Waals surface area (Å²) in [6, 6.07) is 12.8. The summed E-state index contributed by atoms with van der Waals surface area (Å²) < 4.78 is 11.0. The summed E-state index contributed by atoms with van der Waals surface area (Å²) in [5.74, 6) is 2.91. The minimum atomic E-state index is -0.492. The van der Waals surface area contributed by atoms with E-state index in [0.29, 0.717) is 29.2 Å². The van der Waals surface area contributed by atoms with E-state index in [1.54, 1.807) is 24.3 Å². The predicted molar refractivity (Wildman–Crippen MR) is 115 cm³/mol. The molecule has 146 valence electrons. The fraction of sp³-hybridized carbons (Fsp3) is 0.167. The minimum absolute atomic E-state index is 0.0329. The summed E-state index contributed by atoms with van der Waals surface area (Å²) in [6.07, 6.45) is 9.02. The van der Waals surface area contributed by atoms with E-state index in [1.807, 2.05) is 31.2 Å². The molecule has 0 saturated carbocycles. The Morgan fingerprint density at radius 1 is 1.31 bits per heavy atom. The van der Waals surface area contributed by atoms with Gasteiger partial charge < -0.3 is 14.8 Å². The Bertz CT molecular complexity index is 1010. The van der Waals surface area contributed by atoms with Gasteiger partial charge in [-0.15, -0.1) is 13.0 Å². The number of hydrogen-bond acceptors (Lipinski definition) is 4. The second-order valence-corrected chi connectivity index (χ2v) is 6.19. The van der Waals surface area contributed by atoms with Gasteiger partial charge in [-0.25, -0.2) is 0 Å². The van der Waals surface area contributed by atoms with Gasteiger partial charge in [0, 0.05) is 11.3 Å². The van der Waals surface area contributed by atoms with Crippen molar-refractivity contribution in [3.8, 4) is 29.9 Å². The van der Waals surface area contributed by atoms with Crippen molar-refractivity contribution in [3.63, 3.8) is 0 Å². The van der Waals surface area contributed by atoms with Crippen molar-refractivity contribution in [1.29, 1.82) is 5.26 Å².